The number of rotatable bonds is 5. The Hall–Kier alpha value is -2.97. The van der Waals surface area contributed by atoms with E-state index in [-0.39, 0.29) is 5.75 Å². The van der Waals surface area contributed by atoms with E-state index in [1.807, 2.05) is 6.07 Å². The van der Waals surface area contributed by atoms with Gasteiger partial charge in [-0.1, -0.05) is 12.1 Å². The number of carbonyl (C=O) groups is 2. The summed E-state index contributed by atoms with van der Waals surface area (Å²) < 4.78 is 5.29. The lowest BCUT2D eigenvalue weighted by Crippen LogP contribution is -2.44. The van der Waals surface area contributed by atoms with Gasteiger partial charge in [-0.15, -0.1) is 11.3 Å². The molecular formula is C18H16N2O5S. The summed E-state index contributed by atoms with van der Waals surface area (Å²) in [5, 5.41) is 22.2. The van der Waals surface area contributed by atoms with Gasteiger partial charge >= 0.3 is 5.97 Å². The molecule has 0 saturated carbocycles. The van der Waals surface area contributed by atoms with Crippen molar-refractivity contribution in [3.05, 3.63) is 48.0 Å². The van der Waals surface area contributed by atoms with Crippen molar-refractivity contribution < 1.29 is 24.5 Å². The summed E-state index contributed by atoms with van der Waals surface area (Å²) in [6.45, 7) is -0.557. The molecular weight excluding hydrogens is 356 g/mol. The Kier molecular flexibility index (Phi) is 5.15. The van der Waals surface area contributed by atoms with Crippen LogP contribution in [0.25, 0.3) is 20.8 Å². The van der Waals surface area contributed by atoms with Crippen molar-refractivity contribution in [1.82, 2.24) is 10.3 Å². The largest absolute Gasteiger partial charge is 0.507 e. The number of methoxy groups -OCH3 is 1. The van der Waals surface area contributed by atoms with Gasteiger partial charge in [0.2, 0.25) is 0 Å². The minimum absolute atomic E-state index is 0.133. The van der Waals surface area contributed by atoms with Crippen LogP contribution in [0.1, 0.15) is 10.4 Å². The monoisotopic (exact) mass is 372 g/mol. The lowest BCUT2D eigenvalue weighted by molar-refractivity contribution is -0.143. The number of phenolic OH excluding ortho intramolecular Hbond substituents is 1. The van der Waals surface area contributed by atoms with E-state index < -0.39 is 24.5 Å². The number of thiazole rings is 1. The molecule has 1 heterocycles. The third kappa shape index (κ3) is 3.51. The van der Waals surface area contributed by atoms with Gasteiger partial charge < -0.3 is 20.3 Å². The van der Waals surface area contributed by atoms with Gasteiger partial charge in [-0.2, -0.15) is 0 Å². The van der Waals surface area contributed by atoms with Gasteiger partial charge in [0.15, 0.2) is 6.04 Å². The molecule has 7 nitrogen and oxygen atoms in total. The first-order valence-electron chi connectivity index (χ1n) is 7.72. The molecule has 1 aromatic heterocycles. The summed E-state index contributed by atoms with van der Waals surface area (Å²) in [5.41, 5.74) is 1.63. The average molecular weight is 372 g/mol. The molecule has 1 amide bonds. The second kappa shape index (κ2) is 7.51. The Labute approximate surface area is 152 Å². The van der Waals surface area contributed by atoms with E-state index in [2.05, 4.69) is 15.0 Å². The number of esters is 1. The average Bonchev–Trinajstić information content (AvgIpc) is 3.08. The van der Waals surface area contributed by atoms with Gasteiger partial charge in [0.05, 0.1) is 29.5 Å². The minimum atomic E-state index is -1.12. The van der Waals surface area contributed by atoms with Crippen LogP contribution < -0.4 is 5.32 Å². The molecule has 0 fully saturated rings. The fraction of sp³-hybridized carbons (Fsp3) is 0.167. The summed E-state index contributed by atoms with van der Waals surface area (Å²) in [5.74, 6) is -1.09. The number of aliphatic hydroxyl groups is 1. The number of fused-ring (bicyclic) bond motifs is 1. The molecule has 0 bridgehead atoms. The van der Waals surface area contributed by atoms with E-state index in [0.29, 0.717) is 21.7 Å². The number of hydrogen-bond donors (Lipinski definition) is 3. The van der Waals surface area contributed by atoms with Crippen molar-refractivity contribution in [3.63, 3.8) is 0 Å². The van der Waals surface area contributed by atoms with Crippen molar-refractivity contribution in [2.45, 2.75) is 6.04 Å². The molecule has 0 saturated heterocycles. The molecule has 0 aliphatic rings. The highest BCUT2D eigenvalue weighted by Gasteiger charge is 2.21. The predicted molar refractivity (Wildman–Crippen MR) is 97.1 cm³/mol. The lowest BCUT2D eigenvalue weighted by atomic mass is 10.2. The summed E-state index contributed by atoms with van der Waals surface area (Å²) >= 11 is 1.34. The van der Waals surface area contributed by atoms with Gasteiger partial charge in [-0.3, -0.25) is 4.79 Å². The van der Waals surface area contributed by atoms with E-state index in [4.69, 9.17) is 0 Å². The molecule has 3 N–H and O–H groups in total. The molecule has 1 unspecified atom stereocenters. The quantitative estimate of drug-likeness (QED) is 0.591. The van der Waals surface area contributed by atoms with Gasteiger partial charge in [0.25, 0.3) is 5.91 Å². The third-order valence-corrected chi connectivity index (χ3v) is 4.81. The number of aromatic hydroxyl groups is 1. The number of carbonyl (C=O) groups excluding carboxylic acids is 2. The zero-order chi connectivity index (χ0) is 18.7. The number of benzene rings is 2. The molecule has 2 aromatic carbocycles. The maximum absolute atomic E-state index is 12.3. The minimum Gasteiger partial charge on any atom is -0.507 e. The van der Waals surface area contributed by atoms with Crippen molar-refractivity contribution in [2.24, 2.45) is 0 Å². The SMILES string of the molecule is COC(=O)C(CO)NC(=O)c1ccc2nc(-c3ccccc3O)sc2c1. The second-order valence-electron chi connectivity index (χ2n) is 5.45. The van der Waals surface area contributed by atoms with Crippen LogP contribution in [0.4, 0.5) is 0 Å². The van der Waals surface area contributed by atoms with Crippen LogP contribution in [0, 0.1) is 0 Å². The Balaban J connectivity index is 1.89. The molecule has 3 aromatic rings. The highest BCUT2D eigenvalue weighted by atomic mass is 32.1. The number of para-hydroxylation sites is 1. The maximum Gasteiger partial charge on any atom is 0.330 e. The first-order valence-corrected chi connectivity index (χ1v) is 8.53. The standard InChI is InChI=1S/C18H16N2O5S/c1-25-18(24)13(9-21)19-16(23)10-6-7-12-15(8-10)26-17(20-12)11-4-2-3-5-14(11)22/h2-8,13,21-22H,9H2,1H3,(H,19,23). The van der Waals surface area contributed by atoms with Gasteiger partial charge in [-0.05, 0) is 30.3 Å². The van der Waals surface area contributed by atoms with Gasteiger partial charge in [-0.25, -0.2) is 9.78 Å². The summed E-state index contributed by atoms with van der Waals surface area (Å²) in [4.78, 5) is 28.3. The zero-order valence-corrected chi connectivity index (χ0v) is 14.6. The number of amides is 1. The fourth-order valence-electron chi connectivity index (χ4n) is 2.40. The molecule has 3 rings (SSSR count). The number of nitrogens with one attached hydrogen (secondary N) is 1. The molecule has 0 aliphatic heterocycles. The van der Waals surface area contributed by atoms with Crippen molar-refractivity contribution in [2.75, 3.05) is 13.7 Å². The van der Waals surface area contributed by atoms with E-state index in [1.54, 1.807) is 36.4 Å². The van der Waals surface area contributed by atoms with Crippen LogP contribution in [0.5, 0.6) is 5.75 Å². The molecule has 0 radical (unpaired) electrons. The Morgan fingerprint density at radius 2 is 2.04 bits per heavy atom. The topological polar surface area (TPSA) is 109 Å². The molecule has 0 spiro atoms. The third-order valence-electron chi connectivity index (χ3n) is 3.76. The van der Waals surface area contributed by atoms with E-state index in [1.165, 1.54) is 18.4 Å². The van der Waals surface area contributed by atoms with Gasteiger partial charge in [0.1, 0.15) is 10.8 Å². The highest BCUT2D eigenvalue weighted by Crippen LogP contribution is 2.35. The van der Waals surface area contributed by atoms with Crippen molar-refractivity contribution in [1.29, 1.82) is 0 Å². The molecule has 26 heavy (non-hydrogen) atoms. The summed E-state index contributed by atoms with van der Waals surface area (Å²) in [7, 11) is 1.18. The molecule has 1 atom stereocenters. The van der Waals surface area contributed by atoms with E-state index in [0.717, 1.165) is 4.70 Å². The Morgan fingerprint density at radius 1 is 1.27 bits per heavy atom. The van der Waals surface area contributed by atoms with Gasteiger partial charge in [0, 0.05) is 5.56 Å². The number of phenols is 1. The van der Waals surface area contributed by atoms with Crippen molar-refractivity contribution >= 4 is 33.4 Å². The van der Waals surface area contributed by atoms with Crippen LogP contribution in [0.15, 0.2) is 42.5 Å². The highest BCUT2D eigenvalue weighted by molar-refractivity contribution is 7.21. The van der Waals surface area contributed by atoms with Crippen LogP contribution in [-0.4, -0.2) is 46.8 Å². The van der Waals surface area contributed by atoms with E-state index >= 15 is 0 Å². The Morgan fingerprint density at radius 3 is 2.73 bits per heavy atom. The molecule has 134 valence electrons. The smallest absolute Gasteiger partial charge is 0.330 e. The van der Waals surface area contributed by atoms with E-state index in [9.17, 15) is 19.8 Å². The summed E-state index contributed by atoms with van der Waals surface area (Å²) in [6, 6.07) is 10.7. The van der Waals surface area contributed by atoms with Crippen molar-refractivity contribution in [3.8, 4) is 16.3 Å². The second-order valence-corrected chi connectivity index (χ2v) is 6.48. The van der Waals surface area contributed by atoms with Crippen LogP contribution in [-0.2, 0) is 9.53 Å². The van der Waals surface area contributed by atoms with Crippen LogP contribution >= 0.6 is 11.3 Å². The first-order chi connectivity index (χ1) is 12.5. The number of nitrogens with zero attached hydrogens (tertiary/aromatic N) is 1. The summed E-state index contributed by atoms with van der Waals surface area (Å²) in [6.07, 6.45) is 0. The fourth-order valence-corrected chi connectivity index (χ4v) is 3.44. The maximum atomic E-state index is 12.3. The Bertz CT molecular complexity index is 969. The molecule has 8 heteroatoms. The first kappa shape index (κ1) is 17.8. The number of ether oxygens (including phenoxy) is 1. The molecule has 0 aliphatic carbocycles. The predicted octanol–water partition coefficient (Wildman–Crippen LogP) is 1.93. The van der Waals surface area contributed by atoms with Crippen LogP contribution in [0.3, 0.4) is 0 Å². The number of aliphatic hydroxyl groups excluding tert-OH is 1. The van der Waals surface area contributed by atoms with Crippen LogP contribution in [0.2, 0.25) is 0 Å². The lowest BCUT2D eigenvalue weighted by Gasteiger charge is -2.13. The normalized spacial score (nSPS) is 11.9. The zero-order valence-electron chi connectivity index (χ0n) is 13.8. The number of hydrogen-bond acceptors (Lipinski definition) is 7. The number of aromatic nitrogens is 1.